The van der Waals surface area contributed by atoms with E-state index < -0.39 is 16.1 Å². The van der Waals surface area contributed by atoms with E-state index in [0.717, 1.165) is 0 Å². The number of hydrogen-bond acceptors (Lipinski definition) is 2. The smallest absolute Gasteiger partial charge is 0.208 e. The molecule has 0 spiro atoms. The molecule has 0 aromatic heterocycles. The van der Waals surface area contributed by atoms with Gasteiger partial charge in [-0.3, -0.25) is 0 Å². The Morgan fingerprint density at radius 2 is 1.04 bits per heavy atom. The highest BCUT2D eigenvalue weighted by atomic mass is 28.3. The number of rotatable bonds is 6. The summed E-state index contributed by atoms with van der Waals surface area (Å²) in [7, 11) is -2.68. The standard InChI is InChI=1S/C23H34N2Si2/c1-18(20-11-9-13-22(20)26(3,4)5)24-15-16-25(17-24)19(2)21-12-10-14-23(21)27(6,7)8/h9-16,18-19H,1-8H3/t18-,19-/m1/s1. The van der Waals surface area contributed by atoms with Gasteiger partial charge in [-0.25, -0.2) is 0 Å². The van der Waals surface area contributed by atoms with E-state index in [2.05, 4.69) is 121 Å². The van der Waals surface area contributed by atoms with E-state index in [-0.39, 0.29) is 0 Å². The summed E-state index contributed by atoms with van der Waals surface area (Å²) in [6.45, 7) is 22.7. The van der Waals surface area contributed by atoms with E-state index in [1.54, 1.807) is 11.1 Å². The molecule has 2 nitrogen and oxygen atoms in total. The van der Waals surface area contributed by atoms with E-state index in [4.69, 9.17) is 0 Å². The molecule has 12 radical (unpaired) electrons. The fourth-order valence-electron chi connectivity index (χ4n) is 4.04. The van der Waals surface area contributed by atoms with Gasteiger partial charge >= 0.3 is 0 Å². The van der Waals surface area contributed by atoms with Gasteiger partial charge < -0.3 is 9.80 Å². The average molecular weight is 395 g/mol. The topological polar surface area (TPSA) is 6.48 Å². The van der Waals surface area contributed by atoms with Crippen molar-refractivity contribution < 1.29 is 0 Å². The molecule has 1 heterocycles. The normalized spacial score (nSPS) is 26.5. The largest absolute Gasteiger partial charge is 0.343 e. The quantitative estimate of drug-likeness (QED) is 0.575. The van der Waals surface area contributed by atoms with E-state index in [9.17, 15) is 0 Å². The average Bonchev–Trinajstić information content (AvgIpc) is 3.31. The molecular weight excluding hydrogens is 360 g/mol. The Hall–Kier alpha value is -0.226. The minimum atomic E-state index is -1.34. The van der Waals surface area contributed by atoms with Crippen LogP contribution in [0, 0.1) is 68.1 Å². The highest BCUT2D eigenvalue weighted by Gasteiger charge is 2.45. The van der Waals surface area contributed by atoms with Gasteiger partial charge in [-0.05, 0) is 63.5 Å². The zero-order chi connectivity index (χ0) is 20.0. The predicted octanol–water partition coefficient (Wildman–Crippen LogP) is 5.15. The van der Waals surface area contributed by atoms with Crippen molar-refractivity contribution in [1.82, 2.24) is 9.80 Å². The van der Waals surface area contributed by atoms with Crippen molar-refractivity contribution in [3.63, 3.8) is 0 Å². The first-order chi connectivity index (χ1) is 12.5. The van der Waals surface area contributed by atoms with Crippen LogP contribution in [0.15, 0.2) is 12.4 Å². The van der Waals surface area contributed by atoms with Crippen LogP contribution in [0.1, 0.15) is 13.8 Å². The molecule has 2 atom stereocenters. The third kappa shape index (κ3) is 4.52. The van der Waals surface area contributed by atoms with Gasteiger partial charge in [0.1, 0.15) is 0 Å². The molecule has 0 saturated heterocycles. The maximum Gasteiger partial charge on any atom is 0.208 e. The summed E-state index contributed by atoms with van der Waals surface area (Å²) in [5, 5.41) is 0. The zero-order valence-corrected chi connectivity index (χ0v) is 20.2. The molecule has 0 aromatic rings. The molecule has 0 bridgehead atoms. The van der Waals surface area contributed by atoms with Crippen LogP contribution >= 0.6 is 0 Å². The van der Waals surface area contributed by atoms with Crippen molar-refractivity contribution >= 4 is 16.1 Å². The van der Waals surface area contributed by atoms with E-state index >= 15 is 0 Å². The van der Waals surface area contributed by atoms with E-state index in [1.165, 1.54) is 11.8 Å². The van der Waals surface area contributed by atoms with Crippen LogP contribution in [0.25, 0.3) is 0 Å². The molecule has 0 amide bonds. The van der Waals surface area contributed by atoms with Gasteiger partial charge in [0.15, 0.2) is 0 Å². The molecule has 3 aliphatic rings. The van der Waals surface area contributed by atoms with Crippen LogP contribution in [-0.4, -0.2) is 38.0 Å². The molecule has 2 aliphatic carbocycles. The van der Waals surface area contributed by atoms with E-state index in [1.807, 2.05) is 0 Å². The number of hydrogen-bond donors (Lipinski definition) is 0. The summed E-state index contributed by atoms with van der Waals surface area (Å²) < 4.78 is 0. The van der Waals surface area contributed by atoms with Crippen LogP contribution in [-0.2, 0) is 0 Å². The molecule has 3 rings (SSSR count). The third-order valence-electron chi connectivity index (χ3n) is 5.67. The fraction of sp³-hybridized carbons (Fsp3) is 0.435. The van der Waals surface area contributed by atoms with Crippen LogP contribution in [0.5, 0.6) is 0 Å². The van der Waals surface area contributed by atoms with Crippen molar-refractivity contribution in [2.24, 2.45) is 0 Å². The SMILES string of the molecule is C[C@H]([C]1[CH][CH][CH][C]1[Si](C)(C)C)N1[C]N([C@H](C)[C]2[CH][CH][CH][C]2[Si](C)(C)C)C=C1. The second kappa shape index (κ2) is 7.89. The first kappa shape index (κ1) is 21.5. The monoisotopic (exact) mass is 394 g/mol. The highest BCUT2D eigenvalue weighted by molar-refractivity contribution is 6.83. The molecule has 4 heteroatoms. The Morgan fingerprint density at radius 3 is 1.37 bits per heavy atom. The predicted molar refractivity (Wildman–Crippen MR) is 120 cm³/mol. The first-order valence-electron chi connectivity index (χ1n) is 10.0. The molecule has 0 unspecified atom stereocenters. The lowest BCUT2D eigenvalue weighted by atomic mass is 9.97. The molecule has 2 fully saturated rings. The fourth-order valence-corrected chi connectivity index (χ4v) is 7.55. The summed E-state index contributed by atoms with van der Waals surface area (Å²) in [5.74, 6) is 2.91. The summed E-state index contributed by atoms with van der Waals surface area (Å²) in [6, 6.07) is 0.623. The van der Waals surface area contributed by atoms with Crippen LogP contribution in [0.3, 0.4) is 0 Å². The Labute approximate surface area is 171 Å². The van der Waals surface area contributed by atoms with Crippen molar-refractivity contribution in [3.8, 4) is 0 Å². The summed E-state index contributed by atoms with van der Waals surface area (Å²) >= 11 is 0. The minimum Gasteiger partial charge on any atom is -0.343 e. The summed E-state index contributed by atoms with van der Waals surface area (Å²) in [4.78, 5) is 4.49. The maximum atomic E-state index is 3.61. The van der Waals surface area contributed by atoms with E-state index in [0.29, 0.717) is 12.1 Å². The molecule has 27 heavy (non-hydrogen) atoms. The van der Waals surface area contributed by atoms with Crippen LogP contribution in [0.2, 0.25) is 39.3 Å². The molecule has 144 valence electrons. The summed E-state index contributed by atoms with van der Waals surface area (Å²) in [6.07, 6.45) is 18.0. The molecular formula is C23H34N2Si2. The van der Waals surface area contributed by atoms with Gasteiger partial charge in [0.25, 0.3) is 0 Å². The third-order valence-corrected chi connectivity index (χ3v) is 9.81. The Balaban J connectivity index is 1.62. The van der Waals surface area contributed by atoms with Crippen molar-refractivity contribution in [2.45, 2.75) is 65.2 Å². The summed E-state index contributed by atoms with van der Waals surface area (Å²) in [5.41, 5.74) is 3.13. The minimum absolute atomic E-state index is 0.311. The molecule has 2 saturated carbocycles. The second-order valence-electron chi connectivity index (χ2n) is 9.85. The van der Waals surface area contributed by atoms with Gasteiger partial charge in [0.2, 0.25) is 6.67 Å². The van der Waals surface area contributed by atoms with Crippen molar-refractivity contribution in [1.29, 1.82) is 0 Å². The van der Waals surface area contributed by atoms with Crippen molar-refractivity contribution in [3.05, 3.63) is 80.5 Å². The van der Waals surface area contributed by atoms with Gasteiger partial charge in [-0.2, -0.15) is 0 Å². The lowest BCUT2D eigenvalue weighted by molar-refractivity contribution is 0.272. The lowest BCUT2D eigenvalue weighted by Crippen LogP contribution is -2.44. The molecule has 0 aromatic carbocycles. The van der Waals surface area contributed by atoms with Crippen molar-refractivity contribution in [2.75, 3.05) is 0 Å². The Bertz CT molecular complexity index is 487. The highest BCUT2D eigenvalue weighted by Crippen LogP contribution is 2.46. The zero-order valence-electron chi connectivity index (χ0n) is 18.2. The molecule has 1 aliphatic heterocycles. The molecule has 0 N–H and O–H groups in total. The maximum absolute atomic E-state index is 3.61. The van der Waals surface area contributed by atoms with Gasteiger partial charge in [-0.1, -0.05) is 39.3 Å². The Morgan fingerprint density at radius 1 is 0.667 bits per heavy atom. The van der Waals surface area contributed by atoms with Gasteiger partial charge in [0, 0.05) is 36.3 Å². The van der Waals surface area contributed by atoms with Gasteiger partial charge in [0.05, 0.1) is 16.1 Å². The second-order valence-corrected chi connectivity index (χ2v) is 19.9. The Kier molecular flexibility index (Phi) is 6.28. The number of nitrogens with zero attached hydrogens (tertiary/aromatic N) is 2. The lowest BCUT2D eigenvalue weighted by Gasteiger charge is -2.39. The van der Waals surface area contributed by atoms with Crippen LogP contribution in [0.4, 0.5) is 0 Å². The van der Waals surface area contributed by atoms with Gasteiger partial charge in [-0.15, -0.1) is 0 Å². The first-order valence-corrected chi connectivity index (χ1v) is 17.0. The van der Waals surface area contributed by atoms with Crippen LogP contribution < -0.4 is 0 Å².